The van der Waals surface area contributed by atoms with E-state index in [-0.39, 0.29) is 5.82 Å². The Labute approximate surface area is 117 Å². The van der Waals surface area contributed by atoms with Crippen molar-refractivity contribution in [3.8, 4) is 6.07 Å². The predicted octanol–water partition coefficient (Wildman–Crippen LogP) is 3.60. The van der Waals surface area contributed by atoms with Gasteiger partial charge in [0.25, 0.3) is 0 Å². The standard InChI is InChI=1S/C15H15FN4/c16-13-8-4-7-12(6-2-1-3-9-17)14(13)20-15-18-10-5-11-19-15/h4-5,7-8,10-11H,1-3,6H2,(H,18,19,20). The molecule has 1 heterocycles. The van der Waals surface area contributed by atoms with Gasteiger partial charge in [0.2, 0.25) is 5.95 Å². The van der Waals surface area contributed by atoms with E-state index in [1.807, 2.05) is 6.07 Å². The Bertz CT molecular complexity index is 593. The molecule has 0 spiro atoms. The van der Waals surface area contributed by atoms with Gasteiger partial charge in [0.15, 0.2) is 0 Å². The van der Waals surface area contributed by atoms with Gasteiger partial charge in [0.05, 0.1) is 11.8 Å². The maximum atomic E-state index is 13.9. The topological polar surface area (TPSA) is 61.6 Å². The smallest absolute Gasteiger partial charge is 0.227 e. The summed E-state index contributed by atoms with van der Waals surface area (Å²) in [5, 5.41) is 11.4. The molecule has 1 aromatic heterocycles. The van der Waals surface area contributed by atoms with Crippen molar-refractivity contribution in [2.24, 2.45) is 0 Å². The Morgan fingerprint density at radius 2 is 1.95 bits per heavy atom. The summed E-state index contributed by atoms with van der Waals surface area (Å²) >= 11 is 0. The number of halogens is 1. The number of nitriles is 1. The normalized spacial score (nSPS) is 10.0. The molecule has 1 N–H and O–H groups in total. The van der Waals surface area contributed by atoms with Crippen molar-refractivity contribution in [2.45, 2.75) is 25.7 Å². The summed E-state index contributed by atoms with van der Waals surface area (Å²) in [7, 11) is 0. The van der Waals surface area contributed by atoms with E-state index in [2.05, 4.69) is 21.4 Å². The number of rotatable bonds is 6. The predicted molar refractivity (Wildman–Crippen MR) is 74.9 cm³/mol. The van der Waals surface area contributed by atoms with Crippen LogP contribution in [0.3, 0.4) is 0 Å². The minimum atomic E-state index is -0.324. The zero-order valence-corrected chi connectivity index (χ0v) is 11.0. The molecule has 0 bridgehead atoms. The molecule has 2 rings (SSSR count). The number of aryl methyl sites for hydroxylation is 1. The minimum Gasteiger partial charge on any atom is -0.321 e. The first-order chi connectivity index (χ1) is 9.81. The van der Waals surface area contributed by atoms with Crippen LogP contribution in [-0.4, -0.2) is 9.97 Å². The van der Waals surface area contributed by atoms with Crippen LogP contribution in [0.1, 0.15) is 24.8 Å². The number of nitrogens with zero attached hydrogens (tertiary/aromatic N) is 3. The molecule has 0 aliphatic rings. The third-order valence-corrected chi connectivity index (χ3v) is 2.89. The van der Waals surface area contributed by atoms with E-state index in [9.17, 15) is 4.39 Å². The number of para-hydroxylation sites is 1. The van der Waals surface area contributed by atoms with Gasteiger partial charge in [-0.05, 0) is 37.0 Å². The maximum Gasteiger partial charge on any atom is 0.227 e. The molecule has 0 radical (unpaired) electrons. The first kappa shape index (κ1) is 13.9. The average molecular weight is 270 g/mol. The van der Waals surface area contributed by atoms with Crippen LogP contribution >= 0.6 is 0 Å². The Balaban J connectivity index is 2.12. The number of nitrogens with one attached hydrogen (secondary N) is 1. The van der Waals surface area contributed by atoms with Crippen LogP contribution in [-0.2, 0) is 6.42 Å². The third kappa shape index (κ3) is 3.75. The zero-order valence-electron chi connectivity index (χ0n) is 11.0. The van der Waals surface area contributed by atoms with Gasteiger partial charge >= 0.3 is 0 Å². The van der Waals surface area contributed by atoms with Gasteiger partial charge in [-0.25, -0.2) is 14.4 Å². The monoisotopic (exact) mass is 270 g/mol. The first-order valence-corrected chi connectivity index (χ1v) is 6.49. The molecule has 20 heavy (non-hydrogen) atoms. The Kier molecular flexibility index (Phi) is 5.01. The van der Waals surface area contributed by atoms with Crippen LogP contribution in [0.4, 0.5) is 16.0 Å². The molecule has 102 valence electrons. The average Bonchev–Trinajstić information content (AvgIpc) is 2.48. The van der Waals surface area contributed by atoms with Crippen molar-refractivity contribution in [3.63, 3.8) is 0 Å². The minimum absolute atomic E-state index is 0.324. The van der Waals surface area contributed by atoms with Crippen LogP contribution in [0.25, 0.3) is 0 Å². The number of hydrogen-bond donors (Lipinski definition) is 1. The lowest BCUT2D eigenvalue weighted by molar-refractivity contribution is 0.628. The number of anilines is 2. The summed E-state index contributed by atoms with van der Waals surface area (Å²) < 4.78 is 13.9. The van der Waals surface area contributed by atoms with E-state index in [0.29, 0.717) is 24.5 Å². The largest absolute Gasteiger partial charge is 0.321 e. The van der Waals surface area contributed by atoms with Crippen molar-refractivity contribution in [1.29, 1.82) is 5.26 Å². The van der Waals surface area contributed by atoms with Crippen molar-refractivity contribution in [1.82, 2.24) is 9.97 Å². The molecule has 0 atom stereocenters. The molecule has 5 heteroatoms. The van der Waals surface area contributed by atoms with Crippen molar-refractivity contribution < 1.29 is 4.39 Å². The fourth-order valence-electron chi connectivity index (χ4n) is 1.91. The van der Waals surface area contributed by atoms with E-state index >= 15 is 0 Å². The maximum absolute atomic E-state index is 13.9. The Morgan fingerprint density at radius 3 is 2.70 bits per heavy atom. The van der Waals surface area contributed by atoms with Gasteiger partial charge in [0, 0.05) is 18.8 Å². The first-order valence-electron chi connectivity index (χ1n) is 6.49. The van der Waals surface area contributed by atoms with Crippen molar-refractivity contribution >= 4 is 11.6 Å². The molecule has 0 aliphatic heterocycles. The number of unbranched alkanes of at least 4 members (excludes halogenated alkanes) is 2. The second-order valence-corrected chi connectivity index (χ2v) is 4.34. The quantitative estimate of drug-likeness (QED) is 0.815. The summed E-state index contributed by atoms with van der Waals surface area (Å²) in [5.41, 5.74) is 1.28. The summed E-state index contributed by atoms with van der Waals surface area (Å²) in [6, 6.07) is 8.78. The van der Waals surface area contributed by atoms with Gasteiger partial charge in [-0.3, -0.25) is 0 Å². The molecule has 2 aromatic rings. The van der Waals surface area contributed by atoms with E-state index in [1.54, 1.807) is 24.5 Å². The molecule has 0 saturated carbocycles. The van der Waals surface area contributed by atoms with Crippen molar-refractivity contribution in [2.75, 3.05) is 5.32 Å². The fourth-order valence-corrected chi connectivity index (χ4v) is 1.91. The highest BCUT2D eigenvalue weighted by Gasteiger charge is 2.09. The molecule has 0 aliphatic carbocycles. The van der Waals surface area contributed by atoms with Crippen LogP contribution in [0.5, 0.6) is 0 Å². The molecule has 0 saturated heterocycles. The van der Waals surface area contributed by atoms with Crippen molar-refractivity contribution in [3.05, 3.63) is 48.0 Å². The molecule has 1 aromatic carbocycles. The molecule has 4 nitrogen and oxygen atoms in total. The fraction of sp³-hybridized carbons (Fsp3) is 0.267. The van der Waals surface area contributed by atoms with Crippen LogP contribution in [0.15, 0.2) is 36.7 Å². The second-order valence-electron chi connectivity index (χ2n) is 4.34. The highest BCUT2D eigenvalue weighted by atomic mass is 19.1. The van der Waals surface area contributed by atoms with Crippen LogP contribution in [0.2, 0.25) is 0 Å². The van der Waals surface area contributed by atoms with Crippen LogP contribution in [0, 0.1) is 17.1 Å². The lowest BCUT2D eigenvalue weighted by Gasteiger charge is -2.11. The van der Waals surface area contributed by atoms with E-state index in [0.717, 1.165) is 18.4 Å². The lowest BCUT2D eigenvalue weighted by atomic mass is 10.0. The van der Waals surface area contributed by atoms with Crippen LogP contribution < -0.4 is 5.32 Å². The Morgan fingerprint density at radius 1 is 1.15 bits per heavy atom. The van der Waals surface area contributed by atoms with Gasteiger partial charge in [-0.2, -0.15) is 5.26 Å². The zero-order chi connectivity index (χ0) is 14.2. The summed E-state index contributed by atoms with van der Waals surface area (Å²) in [5.74, 6) is 0.0473. The van der Waals surface area contributed by atoms with Gasteiger partial charge < -0.3 is 5.32 Å². The summed E-state index contributed by atoms with van der Waals surface area (Å²) in [4.78, 5) is 8.07. The highest BCUT2D eigenvalue weighted by Crippen LogP contribution is 2.24. The van der Waals surface area contributed by atoms with E-state index < -0.39 is 0 Å². The van der Waals surface area contributed by atoms with E-state index in [1.165, 1.54) is 6.07 Å². The summed E-state index contributed by atoms with van der Waals surface area (Å²) in [6.07, 6.45) is 6.11. The SMILES string of the molecule is N#CCCCCc1cccc(F)c1Nc1ncccn1. The third-order valence-electron chi connectivity index (χ3n) is 2.89. The van der Waals surface area contributed by atoms with Gasteiger partial charge in [-0.15, -0.1) is 0 Å². The summed E-state index contributed by atoms with van der Waals surface area (Å²) in [6.45, 7) is 0. The number of hydrogen-bond acceptors (Lipinski definition) is 4. The Hall–Kier alpha value is -2.48. The highest BCUT2D eigenvalue weighted by molar-refractivity contribution is 5.59. The molecule has 0 unspecified atom stereocenters. The molecule has 0 amide bonds. The lowest BCUT2D eigenvalue weighted by Crippen LogP contribution is -2.02. The molecule has 0 fully saturated rings. The number of aromatic nitrogens is 2. The second kappa shape index (κ2) is 7.19. The number of benzene rings is 1. The van der Waals surface area contributed by atoms with Gasteiger partial charge in [-0.1, -0.05) is 12.1 Å². The van der Waals surface area contributed by atoms with Gasteiger partial charge in [0.1, 0.15) is 5.82 Å². The molecular weight excluding hydrogens is 255 g/mol. The molecular formula is C15H15FN4. The van der Waals surface area contributed by atoms with E-state index in [4.69, 9.17) is 5.26 Å².